The maximum atomic E-state index is 9.35. The second-order valence-corrected chi connectivity index (χ2v) is 3.61. The fourth-order valence-electron chi connectivity index (χ4n) is 1.05. The van der Waals surface area contributed by atoms with Crippen molar-refractivity contribution < 1.29 is 9.94 Å². The van der Waals surface area contributed by atoms with E-state index in [1.54, 1.807) is 13.2 Å². The molecule has 0 saturated heterocycles. The molecule has 0 spiro atoms. The summed E-state index contributed by atoms with van der Waals surface area (Å²) in [4.78, 5) is 4.74. The zero-order chi connectivity index (χ0) is 9.84. The van der Waals surface area contributed by atoms with Crippen LogP contribution in [0.4, 0.5) is 0 Å². The quantitative estimate of drug-likeness (QED) is 0.802. The molecule has 0 aliphatic heterocycles. The Morgan fingerprint density at radius 2 is 2.23 bits per heavy atom. The number of hydrogen-bond donors (Lipinski definition) is 2. The van der Waals surface area contributed by atoms with E-state index in [0.29, 0.717) is 11.0 Å². The van der Waals surface area contributed by atoms with Crippen LogP contribution >= 0.6 is 15.9 Å². The summed E-state index contributed by atoms with van der Waals surface area (Å²) in [6, 6.07) is 3.59. The minimum absolute atomic E-state index is 0.263. The lowest BCUT2D eigenvalue weighted by molar-refractivity contribution is 0.0865. The molecule has 1 aromatic carbocycles. The van der Waals surface area contributed by atoms with Crippen LogP contribution in [0.25, 0.3) is 0 Å². The van der Waals surface area contributed by atoms with Crippen molar-refractivity contribution in [2.24, 2.45) is 0 Å². The summed E-state index contributed by atoms with van der Waals surface area (Å²) in [5, 5.41) is 9.35. The molecule has 2 N–H and O–H groups in total. The molecule has 1 rings (SSSR count). The van der Waals surface area contributed by atoms with Crippen LogP contribution in [0.1, 0.15) is 11.1 Å². The Kier molecular flexibility index (Phi) is 3.71. The number of hydrogen-bond acceptors (Lipinski definition) is 3. The molecule has 0 aliphatic carbocycles. The van der Waals surface area contributed by atoms with Crippen LogP contribution in [0.15, 0.2) is 16.6 Å². The molecule has 0 unspecified atom stereocenters. The van der Waals surface area contributed by atoms with Gasteiger partial charge < -0.3 is 9.94 Å². The first-order valence-corrected chi connectivity index (χ1v) is 4.68. The normalized spacial score (nSPS) is 10.4. The molecule has 0 radical (unpaired) electrons. The zero-order valence-corrected chi connectivity index (χ0v) is 9.18. The molecular formula is C9H12BrNO2. The van der Waals surface area contributed by atoms with E-state index in [2.05, 4.69) is 21.4 Å². The van der Waals surface area contributed by atoms with E-state index >= 15 is 0 Å². The van der Waals surface area contributed by atoms with Crippen molar-refractivity contribution in [1.29, 1.82) is 0 Å². The van der Waals surface area contributed by atoms with E-state index in [9.17, 15) is 5.11 Å². The Morgan fingerprint density at radius 3 is 2.85 bits per heavy atom. The van der Waals surface area contributed by atoms with Gasteiger partial charge in [0.25, 0.3) is 0 Å². The van der Waals surface area contributed by atoms with E-state index in [1.807, 2.05) is 13.0 Å². The highest BCUT2D eigenvalue weighted by Gasteiger charge is 2.03. The molecule has 1 aromatic rings. The van der Waals surface area contributed by atoms with E-state index in [1.165, 1.54) is 0 Å². The molecular weight excluding hydrogens is 234 g/mol. The molecule has 4 heteroatoms. The summed E-state index contributed by atoms with van der Waals surface area (Å²) in [5.74, 6) is 0.263. The van der Waals surface area contributed by atoms with Crippen LogP contribution in [0.3, 0.4) is 0 Å². The predicted octanol–water partition coefficient (Wildman–Crippen LogP) is 2.11. The third-order valence-corrected chi connectivity index (χ3v) is 2.45. The number of aromatic hydroxyl groups is 1. The summed E-state index contributed by atoms with van der Waals surface area (Å²) in [7, 11) is 1.57. The third kappa shape index (κ3) is 2.69. The summed E-state index contributed by atoms with van der Waals surface area (Å²) in [6.45, 7) is 2.57. The van der Waals surface area contributed by atoms with Gasteiger partial charge in [-0.2, -0.15) is 5.48 Å². The number of nitrogens with one attached hydrogen (secondary N) is 1. The molecule has 0 saturated carbocycles. The van der Waals surface area contributed by atoms with Crippen molar-refractivity contribution in [3.63, 3.8) is 0 Å². The summed E-state index contributed by atoms with van der Waals surface area (Å²) >= 11 is 3.25. The first kappa shape index (κ1) is 10.5. The smallest absolute Gasteiger partial charge is 0.130 e. The number of phenolic OH excluding ortho intramolecular Hbond substituents is 1. The number of aryl methyl sites for hydroxylation is 1. The highest BCUT2D eigenvalue weighted by atomic mass is 79.9. The molecule has 0 aromatic heterocycles. The van der Waals surface area contributed by atoms with Gasteiger partial charge >= 0.3 is 0 Å². The standard InChI is InChI=1S/C9H12BrNO2/c1-6-3-9(12)8(10)4-7(6)5-11-13-2/h3-4,11-12H,5H2,1-2H3. The first-order chi connectivity index (χ1) is 6.15. The van der Waals surface area contributed by atoms with Gasteiger partial charge in [-0.15, -0.1) is 0 Å². The largest absolute Gasteiger partial charge is 0.507 e. The van der Waals surface area contributed by atoms with Gasteiger partial charge in [0.15, 0.2) is 0 Å². The Hall–Kier alpha value is -0.580. The van der Waals surface area contributed by atoms with Crippen molar-refractivity contribution in [3.8, 4) is 5.75 Å². The molecule has 13 heavy (non-hydrogen) atoms. The maximum Gasteiger partial charge on any atom is 0.130 e. The number of phenols is 1. The average molecular weight is 246 g/mol. The number of benzene rings is 1. The van der Waals surface area contributed by atoms with E-state index in [-0.39, 0.29) is 5.75 Å². The van der Waals surface area contributed by atoms with Crippen LogP contribution in [0.2, 0.25) is 0 Å². The van der Waals surface area contributed by atoms with Crippen molar-refractivity contribution in [2.75, 3.05) is 7.11 Å². The second-order valence-electron chi connectivity index (χ2n) is 2.76. The fourth-order valence-corrected chi connectivity index (χ4v) is 1.44. The van der Waals surface area contributed by atoms with Crippen LogP contribution < -0.4 is 5.48 Å². The molecule has 0 aliphatic rings. The molecule has 3 nitrogen and oxygen atoms in total. The summed E-state index contributed by atoms with van der Waals surface area (Å²) < 4.78 is 0.700. The van der Waals surface area contributed by atoms with E-state index < -0.39 is 0 Å². The minimum atomic E-state index is 0.263. The topological polar surface area (TPSA) is 41.5 Å². The molecule has 0 heterocycles. The van der Waals surface area contributed by atoms with Gasteiger partial charge in [0.1, 0.15) is 5.75 Å². The highest BCUT2D eigenvalue weighted by Crippen LogP contribution is 2.26. The third-order valence-electron chi connectivity index (χ3n) is 1.81. The molecule has 0 bridgehead atoms. The Labute approximate surface area is 85.8 Å². The van der Waals surface area contributed by atoms with Crippen LogP contribution in [0, 0.1) is 6.92 Å². The molecule has 0 amide bonds. The van der Waals surface area contributed by atoms with Gasteiger partial charge in [-0.1, -0.05) is 0 Å². The fraction of sp³-hybridized carbons (Fsp3) is 0.333. The number of hydroxylamine groups is 1. The summed E-state index contributed by atoms with van der Waals surface area (Å²) in [6.07, 6.45) is 0. The number of rotatable bonds is 3. The van der Waals surface area contributed by atoms with Crippen LogP contribution in [-0.4, -0.2) is 12.2 Å². The first-order valence-electron chi connectivity index (χ1n) is 3.89. The van der Waals surface area contributed by atoms with E-state index in [4.69, 9.17) is 4.84 Å². The predicted molar refractivity (Wildman–Crippen MR) is 54.4 cm³/mol. The monoisotopic (exact) mass is 245 g/mol. The second kappa shape index (κ2) is 4.60. The lowest BCUT2D eigenvalue weighted by Crippen LogP contribution is -2.11. The van der Waals surface area contributed by atoms with Gasteiger partial charge in [0.2, 0.25) is 0 Å². The lowest BCUT2D eigenvalue weighted by atomic mass is 10.1. The van der Waals surface area contributed by atoms with Crippen LogP contribution in [0.5, 0.6) is 5.75 Å². The summed E-state index contributed by atoms with van der Waals surface area (Å²) in [5.41, 5.74) is 4.87. The lowest BCUT2D eigenvalue weighted by Gasteiger charge is -2.07. The van der Waals surface area contributed by atoms with Crippen molar-refractivity contribution >= 4 is 15.9 Å². The van der Waals surface area contributed by atoms with Gasteiger partial charge in [0.05, 0.1) is 11.6 Å². The Bertz CT molecular complexity index is 302. The molecule has 72 valence electrons. The van der Waals surface area contributed by atoms with Crippen molar-refractivity contribution in [3.05, 3.63) is 27.7 Å². The van der Waals surface area contributed by atoms with E-state index in [0.717, 1.165) is 11.1 Å². The Balaban J connectivity index is 2.88. The average Bonchev–Trinajstić information content (AvgIpc) is 2.09. The van der Waals surface area contributed by atoms with Crippen molar-refractivity contribution in [2.45, 2.75) is 13.5 Å². The Morgan fingerprint density at radius 1 is 1.54 bits per heavy atom. The zero-order valence-electron chi connectivity index (χ0n) is 7.60. The molecule has 0 fully saturated rings. The number of halogens is 1. The maximum absolute atomic E-state index is 9.35. The minimum Gasteiger partial charge on any atom is -0.507 e. The van der Waals surface area contributed by atoms with Crippen LogP contribution in [-0.2, 0) is 11.4 Å². The highest BCUT2D eigenvalue weighted by molar-refractivity contribution is 9.10. The van der Waals surface area contributed by atoms with Gasteiger partial charge in [-0.25, -0.2) is 0 Å². The molecule has 0 atom stereocenters. The van der Waals surface area contributed by atoms with Gasteiger partial charge in [-0.05, 0) is 46.1 Å². The van der Waals surface area contributed by atoms with Crippen molar-refractivity contribution in [1.82, 2.24) is 5.48 Å². The van der Waals surface area contributed by atoms with Gasteiger partial charge in [-0.3, -0.25) is 0 Å². The SMILES string of the molecule is CONCc1cc(Br)c(O)cc1C. The van der Waals surface area contributed by atoms with Gasteiger partial charge in [0, 0.05) is 6.54 Å².